The topological polar surface area (TPSA) is 126 Å². The highest BCUT2D eigenvalue weighted by molar-refractivity contribution is 6.00. The number of aromatic nitrogens is 5. The zero-order valence-electron chi connectivity index (χ0n) is 18.1. The van der Waals surface area contributed by atoms with Crippen LogP contribution < -0.4 is 10.1 Å². The number of H-pyrrole nitrogens is 1. The minimum atomic E-state index is -2.10. The van der Waals surface area contributed by atoms with Crippen LogP contribution in [-0.4, -0.2) is 43.3 Å². The molecule has 0 bridgehead atoms. The van der Waals surface area contributed by atoms with Crippen LogP contribution in [0.5, 0.6) is 5.75 Å². The van der Waals surface area contributed by atoms with Gasteiger partial charge in [-0.05, 0) is 24.3 Å². The maximum atomic E-state index is 13.5. The van der Waals surface area contributed by atoms with Crippen LogP contribution >= 0.6 is 0 Å². The Balaban J connectivity index is 1.53. The number of anilines is 1. The van der Waals surface area contributed by atoms with Gasteiger partial charge in [0, 0.05) is 40.7 Å². The van der Waals surface area contributed by atoms with Crippen molar-refractivity contribution < 1.29 is 14.6 Å². The Morgan fingerprint density at radius 1 is 1.09 bits per heavy atom. The summed E-state index contributed by atoms with van der Waals surface area (Å²) < 4.78 is 5.27. The number of fused-ring (bicyclic) bond motifs is 1. The highest BCUT2D eigenvalue weighted by atomic mass is 16.5. The lowest BCUT2D eigenvalue weighted by Crippen LogP contribution is -2.42. The first kappa shape index (κ1) is 21.2. The third-order valence-corrected chi connectivity index (χ3v) is 5.51. The first-order valence-corrected chi connectivity index (χ1v) is 10.4. The van der Waals surface area contributed by atoms with Crippen LogP contribution in [0.2, 0.25) is 0 Å². The van der Waals surface area contributed by atoms with E-state index in [1.54, 1.807) is 42.7 Å². The van der Waals surface area contributed by atoms with E-state index in [2.05, 4.69) is 30.5 Å². The van der Waals surface area contributed by atoms with Crippen LogP contribution in [0.15, 0.2) is 85.6 Å². The van der Waals surface area contributed by atoms with E-state index in [0.29, 0.717) is 17.0 Å². The van der Waals surface area contributed by atoms with Gasteiger partial charge in [0.05, 0.1) is 30.7 Å². The SMILES string of the molecule is COc1cccc(C(O)(C(=O)Nc2cncc(-c3cnnc4ccccc34)c2)c2ncc[nH]2)c1. The third-order valence-electron chi connectivity index (χ3n) is 5.51. The lowest BCUT2D eigenvalue weighted by Gasteiger charge is -2.26. The number of hydrogen-bond donors (Lipinski definition) is 3. The van der Waals surface area contributed by atoms with Crippen molar-refractivity contribution >= 4 is 22.5 Å². The molecule has 0 aliphatic carbocycles. The van der Waals surface area contributed by atoms with Crippen molar-refractivity contribution in [2.75, 3.05) is 12.4 Å². The molecule has 0 aliphatic rings. The molecular weight excluding hydrogens is 432 g/mol. The number of carbonyl (C=O) groups excluding carboxylic acids is 1. The maximum absolute atomic E-state index is 13.5. The van der Waals surface area contributed by atoms with E-state index < -0.39 is 11.5 Å². The van der Waals surface area contributed by atoms with Crippen molar-refractivity contribution in [2.24, 2.45) is 0 Å². The number of ether oxygens (including phenoxy) is 1. The fraction of sp³-hybridized carbons (Fsp3) is 0.0800. The molecule has 0 fully saturated rings. The van der Waals surface area contributed by atoms with Crippen LogP contribution in [0.1, 0.15) is 11.4 Å². The second-order valence-electron chi connectivity index (χ2n) is 7.57. The van der Waals surface area contributed by atoms with Gasteiger partial charge in [-0.1, -0.05) is 30.3 Å². The Morgan fingerprint density at radius 2 is 1.97 bits per heavy atom. The first-order chi connectivity index (χ1) is 16.6. The van der Waals surface area contributed by atoms with E-state index in [1.165, 1.54) is 25.7 Å². The number of aliphatic hydroxyl groups is 1. The lowest BCUT2D eigenvalue weighted by atomic mass is 9.91. The molecule has 2 aromatic carbocycles. The highest BCUT2D eigenvalue weighted by Gasteiger charge is 2.43. The molecule has 34 heavy (non-hydrogen) atoms. The summed E-state index contributed by atoms with van der Waals surface area (Å²) in [5.74, 6) is -0.130. The van der Waals surface area contributed by atoms with Gasteiger partial charge in [-0.25, -0.2) is 4.98 Å². The van der Waals surface area contributed by atoms with E-state index in [-0.39, 0.29) is 5.82 Å². The van der Waals surface area contributed by atoms with Crippen LogP contribution in [0.4, 0.5) is 5.69 Å². The summed E-state index contributed by atoms with van der Waals surface area (Å²) in [5.41, 5.74) is 0.915. The molecule has 1 amide bonds. The van der Waals surface area contributed by atoms with Gasteiger partial charge in [0.15, 0.2) is 5.82 Å². The van der Waals surface area contributed by atoms with Gasteiger partial charge in [-0.2, -0.15) is 10.2 Å². The maximum Gasteiger partial charge on any atom is 0.269 e. The van der Waals surface area contributed by atoms with Crippen molar-refractivity contribution in [3.63, 3.8) is 0 Å². The lowest BCUT2D eigenvalue weighted by molar-refractivity contribution is -0.131. The number of aromatic amines is 1. The molecule has 3 heterocycles. The minimum absolute atomic E-state index is 0.0756. The summed E-state index contributed by atoms with van der Waals surface area (Å²) >= 11 is 0. The third kappa shape index (κ3) is 3.74. The van der Waals surface area contributed by atoms with E-state index in [4.69, 9.17) is 4.74 Å². The number of methoxy groups -OCH3 is 1. The molecule has 0 aliphatic heterocycles. The molecule has 0 saturated carbocycles. The van der Waals surface area contributed by atoms with Gasteiger partial charge in [0.25, 0.3) is 5.91 Å². The number of rotatable bonds is 6. The molecule has 3 aromatic heterocycles. The largest absolute Gasteiger partial charge is 0.497 e. The quantitative estimate of drug-likeness (QED) is 0.361. The van der Waals surface area contributed by atoms with Crippen molar-refractivity contribution in [2.45, 2.75) is 5.60 Å². The molecule has 168 valence electrons. The molecule has 5 aromatic rings. The standard InChI is InChI=1S/C25H20N6O3/c1-34-19-6-4-5-17(12-19)25(33,23-27-9-10-28-23)24(32)30-18-11-16(13-26-14-18)21-15-29-31-22-8-3-2-7-20(21)22/h2-15,33H,1H3,(H,27,28)(H,30,32). The zero-order chi connectivity index (χ0) is 23.5. The van der Waals surface area contributed by atoms with E-state index >= 15 is 0 Å². The number of carbonyl (C=O) groups is 1. The molecular formula is C25H20N6O3. The first-order valence-electron chi connectivity index (χ1n) is 10.4. The number of amides is 1. The molecule has 0 spiro atoms. The van der Waals surface area contributed by atoms with Gasteiger partial charge in [0.2, 0.25) is 5.60 Å². The average Bonchev–Trinajstić information content (AvgIpc) is 3.43. The number of hydrogen-bond acceptors (Lipinski definition) is 7. The summed E-state index contributed by atoms with van der Waals surface area (Å²) in [4.78, 5) is 24.7. The van der Waals surface area contributed by atoms with Crippen LogP contribution in [0, 0.1) is 0 Å². The van der Waals surface area contributed by atoms with Gasteiger partial charge >= 0.3 is 0 Å². The Kier molecular flexibility index (Phi) is 5.44. The van der Waals surface area contributed by atoms with Crippen molar-refractivity contribution in [1.29, 1.82) is 0 Å². The summed E-state index contributed by atoms with van der Waals surface area (Å²) in [6.45, 7) is 0. The summed E-state index contributed by atoms with van der Waals surface area (Å²) in [7, 11) is 1.51. The van der Waals surface area contributed by atoms with E-state index in [9.17, 15) is 9.90 Å². The van der Waals surface area contributed by atoms with Gasteiger partial charge in [0.1, 0.15) is 5.75 Å². The number of imidazole rings is 1. The van der Waals surface area contributed by atoms with E-state index in [1.807, 2.05) is 24.3 Å². The van der Waals surface area contributed by atoms with Crippen LogP contribution in [0.25, 0.3) is 22.0 Å². The average molecular weight is 452 g/mol. The van der Waals surface area contributed by atoms with Crippen LogP contribution in [-0.2, 0) is 10.4 Å². The fourth-order valence-corrected chi connectivity index (χ4v) is 3.80. The Hall–Kier alpha value is -4.63. The summed E-state index contributed by atoms with van der Waals surface area (Å²) in [6, 6.07) is 16.0. The molecule has 1 atom stereocenters. The molecule has 1 unspecified atom stereocenters. The molecule has 5 rings (SSSR count). The normalized spacial score (nSPS) is 12.8. The smallest absolute Gasteiger partial charge is 0.269 e. The van der Waals surface area contributed by atoms with Gasteiger partial charge in [-0.15, -0.1) is 0 Å². The van der Waals surface area contributed by atoms with Crippen LogP contribution in [0.3, 0.4) is 0 Å². The predicted octanol–water partition coefficient (Wildman–Crippen LogP) is 3.30. The number of benzene rings is 2. The Bertz CT molecular complexity index is 1470. The molecule has 9 heteroatoms. The summed E-state index contributed by atoms with van der Waals surface area (Å²) in [6.07, 6.45) is 7.85. The predicted molar refractivity (Wildman–Crippen MR) is 126 cm³/mol. The summed E-state index contributed by atoms with van der Waals surface area (Å²) in [5, 5.41) is 23.5. The molecule has 3 N–H and O–H groups in total. The molecule has 0 radical (unpaired) electrons. The van der Waals surface area contributed by atoms with E-state index in [0.717, 1.165) is 22.0 Å². The van der Waals surface area contributed by atoms with Crippen molar-refractivity contribution in [3.8, 4) is 16.9 Å². The highest BCUT2D eigenvalue weighted by Crippen LogP contribution is 2.32. The fourth-order valence-electron chi connectivity index (χ4n) is 3.80. The second kappa shape index (κ2) is 8.72. The Morgan fingerprint density at radius 3 is 2.79 bits per heavy atom. The van der Waals surface area contributed by atoms with Crippen molar-refractivity contribution in [3.05, 3.63) is 97.0 Å². The number of nitrogens with zero attached hydrogens (tertiary/aromatic N) is 4. The number of nitrogens with one attached hydrogen (secondary N) is 2. The second-order valence-corrected chi connectivity index (χ2v) is 7.57. The minimum Gasteiger partial charge on any atom is -0.497 e. The number of pyridine rings is 1. The Labute approximate surface area is 194 Å². The van der Waals surface area contributed by atoms with Crippen molar-refractivity contribution in [1.82, 2.24) is 25.1 Å². The monoisotopic (exact) mass is 452 g/mol. The van der Waals surface area contributed by atoms with Gasteiger partial charge < -0.3 is 20.1 Å². The molecule has 9 nitrogen and oxygen atoms in total. The van der Waals surface area contributed by atoms with Gasteiger partial charge in [-0.3, -0.25) is 9.78 Å². The zero-order valence-corrected chi connectivity index (χ0v) is 18.1. The molecule has 0 saturated heterocycles.